The van der Waals surface area contributed by atoms with Gasteiger partial charge in [-0.3, -0.25) is 19.3 Å². The molecule has 0 N–H and O–H groups in total. The van der Waals surface area contributed by atoms with Gasteiger partial charge < -0.3 is 0 Å². The highest BCUT2D eigenvalue weighted by molar-refractivity contribution is 5.95. The van der Waals surface area contributed by atoms with Crippen molar-refractivity contribution in [1.82, 2.24) is 14.8 Å². The van der Waals surface area contributed by atoms with Crippen molar-refractivity contribution >= 4 is 11.6 Å². The van der Waals surface area contributed by atoms with E-state index in [-0.39, 0.29) is 41.8 Å². The van der Waals surface area contributed by atoms with Crippen molar-refractivity contribution in [1.29, 1.82) is 0 Å². The highest BCUT2D eigenvalue weighted by Crippen LogP contribution is 2.46. The molecule has 0 spiro atoms. The normalized spacial score (nSPS) is 15.0. The van der Waals surface area contributed by atoms with E-state index in [1.54, 1.807) is 12.1 Å². The van der Waals surface area contributed by atoms with Crippen LogP contribution in [0.1, 0.15) is 70.7 Å². The van der Waals surface area contributed by atoms with Gasteiger partial charge in [-0.1, -0.05) is 12.1 Å². The number of fused-ring (bicyclic) bond motifs is 1. The number of halogens is 8. The molecule has 5 nitrogen and oxygen atoms in total. The lowest BCUT2D eigenvalue weighted by molar-refractivity contribution is -0.146. The minimum Gasteiger partial charge on any atom is -0.298 e. The van der Waals surface area contributed by atoms with Crippen LogP contribution in [0.4, 0.5) is 35.1 Å². The first kappa shape index (κ1) is 32.0. The summed E-state index contributed by atoms with van der Waals surface area (Å²) in [6, 6.07) is 9.67. The molecule has 1 atom stereocenters. The number of rotatable bonds is 9. The lowest BCUT2D eigenvalue weighted by Crippen LogP contribution is -2.25. The number of alkyl halides is 5. The first-order chi connectivity index (χ1) is 21.1. The van der Waals surface area contributed by atoms with Crippen LogP contribution in [-0.2, 0) is 36.3 Å². The molecule has 13 heteroatoms. The Bertz CT molecular complexity index is 1760. The minimum atomic E-state index is -5.18. The molecule has 4 aromatic rings. The Hall–Kier alpha value is -4.42. The molecule has 0 bridgehead atoms. The summed E-state index contributed by atoms with van der Waals surface area (Å²) in [7, 11) is 0. The molecule has 0 saturated carbocycles. The van der Waals surface area contributed by atoms with Crippen molar-refractivity contribution in [2.24, 2.45) is 0 Å². The summed E-state index contributed by atoms with van der Waals surface area (Å²) in [5.41, 5.74) is -2.48. The number of carbonyl (C=O) groups is 2. The average Bonchev–Trinajstić information content (AvgIpc) is 3.32. The third-order valence-corrected chi connectivity index (χ3v) is 7.68. The van der Waals surface area contributed by atoms with Gasteiger partial charge in [-0.25, -0.2) is 22.0 Å². The van der Waals surface area contributed by atoms with E-state index < -0.39 is 77.7 Å². The molecular formula is C32H25F8N3O2. The van der Waals surface area contributed by atoms with E-state index in [1.807, 2.05) is 0 Å². The lowest BCUT2D eigenvalue weighted by Gasteiger charge is -2.24. The second kappa shape index (κ2) is 12.2. The predicted molar refractivity (Wildman–Crippen MR) is 146 cm³/mol. The fraction of sp³-hybridized carbons (Fsp3) is 0.312. The van der Waals surface area contributed by atoms with Crippen LogP contribution in [0.25, 0.3) is 11.1 Å². The van der Waals surface area contributed by atoms with Crippen LogP contribution in [0.2, 0.25) is 0 Å². The molecule has 0 radical (unpaired) electrons. The molecule has 5 rings (SSSR count). The molecule has 236 valence electrons. The topological polar surface area (TPSA) is 64.8 Å². The zero-order valence-corrected chi connectivity index (χ0v) is 23.7. The molecule has 1 aliphatic carbocycles. The van der Waals surface area contributed by atoms with Gasteiger partial charge >= 0.3 is 6.18 Å². The number of Topliss-reactive ketones (excluding diaryl/α,β-unsaturated/α-hetero) is 2. The number of benzene rings is 2. The molecular weight excluding hydrogens is 610 g/mol. The van der Waals surface area contributed by atoms with E-state index in [2.05, 4.69) is 10.1 Å². The quantitative estimate of drug-likeness (QED) is 0.138. The Balaban J connectivity index is 1.54. The number of aromatic nitrogens is 3. The number of carbonyl (C=O) groups excluding carboxylic acids is 2. The fourth-order valence-electron chi connectivity index (χ4n) is 5.80. The number of hydrogen-bond donors (Lipinski definition) is 0. The van der Waals surface area contributed by atoms with Gasteiger partial charge in [0.1, 0.15) is 17.5 Å². The number of ketones is 2. The first-order valence-electron chi connectivity index (χ1n) is 13.9. The molecule has 0 fully saturated rings. The monoisotopic (exact) mass is 635 g/mol. The van der Waals surface area contributed by atoms with Crippen molar-refractivity contribution < 1.29 is 44.7 Å². The number of pyridine rings is 1. The highest BCUT2D eigenvalue weighted by atomic mass is 19.4. The number of nitrogens with zero attached hydrogens (tertiary/aromatic N) is 3. The van der Waals surface area contributed by atoms with E-state index in [9.17, 15) is 44.7 Å². The maximum absolute atomic E-state index is 14.6. The largest absolute Gasteiger partial charge is 0.435 e. The summed E-state index contributed by atoms with van der Waals surface area (Å²) in [5, 5.41) is 3.39. The third kappa shape index (κ3) is 6.81. The lowest BCUT2D eigenvalue weighted by atomic mass is 9.86. The molecule has 0 saturated heterocycles. The Morgan fingerprint density at radius 3 is 2.40 bits per heavy atom. The maximum Gasteiger partial charge on any atom is 0.435 e. The minimum absolute atomic E-state index is 0.109. The highest BCUT2D eigenvalue weighted by Gasteiger charge is 2.49. The molecule has 0 unspecified atom stereocenters. The van der Waals surface area contributed by atoms with Gasteiger partial charge in [0.25, 0.3) is 5.92 Å². The van der Waals surface area contributed by atoms with Crippen LogP contribution < -0.4 is 0 Å². The van der Waals surface area contributed by atoms with Gasteiger partial charge in [-0.05, 0) is 67.6 Å². The van der Waals surface area contributed by atoms with Gasteiger partial charge in [-0.2, -0.15) is 18.3 Å². The predicted octanol–water partition coefficient (Wildman–Crippen LogP) is 8.00. The summed E-state index contributed by atoms with van der Waals surface area (Å²) in [6.07, 6.45) is -5.42. The molecule has 45 heavy (non-hydrogen) atoms. The van der Waals surface area contributed by atoms with Crippen LogP contribution in [0.5, 0.6) is 0 Å². The van der Waals surface area contributed by atoms with E-state index in [0.717, 1.165) is 18.2 Å². The summed E-state index contributed by atoms with van der Waals surface area (Å²) >= 11 is 0. The Kier molecular flexibility index (Phi) is 8.65. The van der Waals surface area contributed by atoms with Crippen molar-refractivity contribution in [2.75, 3.05) is 0 Å². The van der Waals surface area contributed by atoms with Crippen molar-refractivity contribution in [3.05, 3.63) is 106 Å². The Labute approximate surface area is 251 Å². The molecule has 2 heterocycles. The summed E-state index contributed by atoms with van der Waals surface area (Å²) in [5.74, 6) is -8.49. The third-order valence-electron chi connectivity index (χ3n) is 7.68. The van der Waals surface area contributed by atoms with Crippen LogP contribution in [0.15, 0.2) is 54.7 Å². The standard InChI is InChI=1S/C32H25F8N3O2/c1-17(44)25-14-19(6-7-26(25)35)24-4-3-9-41-29(24)20(10-18-11-21(33)15-22(34)12-18)13-23(45)16-43-27-5-2-8-31(36,37)28(27)30(42-43)32(38,39)40/h3-4,6-7,9,11-12,14-15,20H,2,5,8,10,13,16H2,1H3/t20-/m1/s1. The van der Waals surface area contributed by atoms with Crippen LogP contribution in [0, 0.1) is 17.5 Å². The van der Waals surface area contributed by atoms with Crippen LogP contribution in [0.3, 0.4) is 0 Å². The summed E-state index contributed by atoms with van der Waals surface area (Å²) in [6.45, 7) is 0.413. The smallest absolute Gasteiger partial charge is 0.298 e. The van der Waals surface area contributed by atoms with E-state index >= 15 is 0 Å². The van der Waals surface area contributed by atoms with Gasteiger partial charge in [-0.15, -0.1) is 0 Å². The van der Waals surface area contributed by atoms with Crippen molar-refractivity contribution in [3.63, 3.8) is 0 Å². The van der Waals surface area contributed by atoms with Crippen molar-refractivity contribution in [3.8, 4) is 11.1 Å². The first-order valence-corrected chi connectivity index (χ1v) is 13.9. The molecule has 0 aliphatic heterocycles. The molecule has 2 aromatic carbocycles. The van der Waals surface area contributed by atoms with Gasteiger partial charge in [0, 0.05) is 42.3 Å². The van der Waals surface area contributed by atoms with Crippen LogP contribution >= 0.6 is 0 Å². The second-order valence-electron chi connectivity index (χ2n) is 11.0. The van der Waals surface area contributed by atoms with Gasteiger partial charge in [0.2, 0.25) is 0 Å². The van der Waals surface area contributed by atoms with E-state index in [4.69, 9.17) is 0 Å². The van der Waals surface area contributed by atoms with Crippen LogP contribution in [-0.4, -0.2) is 26.3 Å². The average molecular weight is 636 g/mol. The Morgan fingerprint density at radius 2 is 1.73 bits per heavy atom. The summed E-state index contributed by atoms with van der Waals surface area (Å²) in [4.78, 5) is 29.9. The molecule has 0 amide bonds. The number of hydrogen-bond acceptors (Lipinski definition) is 4. The van der Waals surface area contributed by atoms with E-state index in [1.165, 1.54) is 25.3 Å². The van der Waals surface area contributed by atoms with Gasteiger partial charge in [0.15, 0.2) is 17.3 Å². The second-order valence-corrected chi connectivity index (χ2v) is 11.0. The summed E-state index contributed by atoms with van der Waals surface area (Å²) < 4.78 is 114. The van der Waals surface area contributed by atoms with E-state index in [0.29, 0.717) is 21.9 Å². The zero-order valence-electron chi connectivity index (χ0n) is 23.7. The maximum atomic E-state index is 14.6. The Morgan fingerprint density at radius 1 is 1.02 bits per heavy atom. The molecule has 2 aromatic heterocycles. The van der Waals surface area contributed by atoms with Crippen molar-refractivity contribution in [2.45, 2.75) is 63.6 Å². The van der Waals surface area contributed by atoms with Gasteiger partial charge in [0.05, 0.1) is 23.4 Å². The molecule has 1 aliphatic rings. The zero-order chi connectivity index (χ0) is 32.7. The fourth-order valence-corrected chi connectivity index (χ4v) is 5.80. The SMILES string of the molecule is CC(=O)c1cc(-c2cccnc2[C@@H](CC(=O)Cn2nc(C(F)(F)F)c3c2CCCC3(F)F)Cc2cc(F)cc(F)c2)ccc1F.